The minimum atomic E-state index is -1.01. The summed E-state index contributed by atoms with van der Waals surface area (Å²) in [5, 5.41) is 14.5. The zero-order chi connectivity index (χ0) is 13.8. The molecule has 0 aromatic carbocycles. The Balaban J connectivity index is 2.34. The van der Waals surface area contributed by atoms with Crippen molar-refractivity contribution in [3.63, 3.8) is 0 Å². The number of aliphatic carboxylic acids is 1. The number of carboxylic acids is 1. The molecule has 0 spiro atoms. The standard InChI is InChI=1S/C12H22N2O4/c1-8(2)4-9(11(16)17)14-10(15)5-18-12(3)6-13-7-12/h8-9,13H,4-7H2,1-3H3,(H,14,15)(H,16,17). The molecule has 0 aromatic rings. The molecule has 0 bridgehead atoms. The van der Waals surface area contributed by atoms with Gasteiger partial charge in [0, 0.05) is 13.1 Å². The number of nitrogens with one attached hydrogen (secondary N) is 2. The lowest BCUT2D eigenvalue weighted by atomic mass is 10.0. The van der Waals surface area contributed by atoms with Crippen molar-refractivity contribution in [2.24, 2.45) is 5.92 Å². The van der Waals surface area contributed by atoms with E-state index in [4.69, 9.17) is 9.84 Å². The third kappa shape index (κ3) is 4.62. The average molecular weight is 258 g/mol. The van der Waals surface area contributed by atoms with Crippen LogP contribution >= 0.6 is 0 Å². The van der Waals surface area contributed by atoms with Gasteiger partial charge in [-0.25, -0.2) is 4.79 Å². The summed E-state index contributed by atoms with van der Waals surface area (Å²) in [7, 11) is 0. The summed E-state index contributed by atoms with van der Waals surface area (Å²) in [6.07, 6.45) is 0.417. The van der Waals surface area contributed by atoms with E-state index in [0.29, 0.717) is 19.5 Å². The van der Waals surface area contributed by atoms with Crippen molar-refractivity contribution in [2.45, 2.75) is 38.8 Å². The second-order valence-corrected chi connectivity index (χ2v) is 5.43. The topological polar surface area (TPSA) is 87.7 Å². The maximum atomic E-state index is 11.6. The lowest BCUT2D eigenvalue weighted by Crippen LogP contribution is -2.60. The molecule has 18 heavy (non-hydrogen) atoms. The molecule has 1 heterocycles. The Labute approximate surface area is 107 Å². The smallest absolute Gasteiger partial charge is 0.326 e. The molecule has 1 atom stereocenters. The summed E-state index contributed by atoms with van der Waals surface area (Å²) < 4.78 is 5.45. The zero-order valence-corrected chi connectivity index (χ0v) is 11.2. The van der Waals surface area contributed by atoms with Crippen molar-refractivity contribution in [2.75, 3.05) is 19.7 Å². The fraction of sp³-hybridized carbons (Fsp3) is 0.833. The molecule has 1 rings (SSSR count). The van der Waals surface area contributed by atoms with Gasteiger partial charge in [0.15, 0.2) is 0 Å². The van der Waals surface area contributed by atoms with Crippen LogP contribution in [0.15, 0.2) is 0 Å². The number of ether oxygens (including phenoxy) is 1. The predicted octanol–water partition coefficient (Wildman–Crippen LogP) is -0.0196. The summed E-state index contributed by atoms with van der Waals surface area (Å²) in [6.45, 7) is 7.09. The van der Waals surface area contributed by atoms with E-state index in [2.05, 4.69) is 10.6 Å². The molecule has 1 unspecified atom stereocenters. The molecule has 0 radical (unpaired) electrons. The van der Waals surface area contributed by atoms with E-state index in [1.165, 1.54) is 0 Å². The first-order chi connectivity index (χ1) is 8.32. The minimum absolute atomic E-state index is 0.0972. The Hall–Kier alpha value is -1.14. The Bertz CT molecular complexity index is 313. The zero-order valence-electron chi connectivity index (χ0n) is 11.2. The summed E-state index contributed by atoms with van der Waals surface area (Å²) in [5.41, 5.74) is -0.298. The summed E-state index contributed by atoms with van der Waals surface area (Å²) in [5.74, 6) is -1.18. The van der Waals surface area contributed by atoms with Crippen LogP contribution in [0.4, 0.5) is 0 Å². The lowest BCUT2D eigenvalue weighted by Gasteiger charge is -2.38. The SMILES string of the molecule is CC(C)CC(NC(=O)COC1(C)CNC1)C(=O)O. The van der Waals surface area contributed by atoms with Gasteiger partial charge in [-0.2, -0.15) is 0 Å². The van der Waals surface area contributed by atoms with Crippen LogP contribution in [-0.4, -0.2) is 48.3 Å². The van der Waals surface area contributed by atoms with Crippen LogP contribution in [0.5, 0.6) is 0 Å². The van der Waals surface area contributed by atoms with E-state index in [9.17, 15) is 9.59 Å². The molecule has 0 aliphatic carbocycles. The highest BCUT2D eigenvalue weighted by Gasteiger charge is 2.33. The number of amides is 1. The van der Waals surface area contributed by atoms with Crippen LogP contribution in [0, 0.1) is 5.92 Å². The Morgan fingerprint density at radius 3 is 2.44 bits per heavy atom. The molecule has 6 nitrogen and oxygen atoms in total. The van der Waals surface area contributed by atoms with E-state index < -0.39 is 12.0 Å². The maximum Gasteiger partial charge on any atom is 0.326 e. The van der Waals surface area contributed by atoms with Gasteiger partial charge in [0.1, 0.15) is 12.6 Å². The lowest BCUT2D eigenvalue weighted by molar-refractivity contribution is -0.145. The minimum Gasteiger partial charge on any atom is -0.480 e. The van der Waals surface area contributed by atoms with Gasteiger partial charge in [-0.3, -0.25) is 4.79 Å². The molecule has 1 amide bonds. The largest absolute Gasteiger partial charge is 0.480 e. The van der Waals surface area contributed by atoms with E-state index >= 15 is 0 Å². The van der Waals surface area contributed by atoms with Gasteiger partial charge >= 0.3 is 5.97 Å². The quantitative estimate of drug-likeness (QED) is 0.597. The third-order valence-electron chi connectivity index (χ3n) is 2.89. The monoisotopic (exact) mass is 258 g/mol. The van der Waals surface area contributed by atoms with E-state index in [1.807, 2.05) is 20.8 Å². The molecule has 0 aromatic heterocycles. The summed E-state index contributed by atoms with van der Waals surface area (Å²) >= 11 is 0. The molecule has 1 fully saturated rings. The fourth-order valence-electron chi connectivity index (χ4n) is 1.75. The third-order valence-corrected chi connectivity index (χ3v) is 2.89. The van der Waals surface area contributed by atoms with Gasteiger partial charge in [0.05, 0.1) is 5.60 Å². The number of hydrogen-bond donors (Lipinski definition) is 3. The number of carbonyl (C=O) groups excluding carboxylic acids is 1. The highest BCUT2D eigenvalue weighted by atomic mass is 16.5. The van der Waals surface area contributed by atoms with Gasteiger partial charge in [-0.05, 0) is 19.3 Å². The van der Waals surface area contributed by atoms with Crippen molar-refractivity contribution in [1.82, 2.24) is 10.6 Å². The van der Waals surface area contributed by atoms with Crippen molar-refractivity contribution in [1.29, 1.82) is 0 Å². The highest BCUT2D eigenvalue weighted by Crippen LogP contribution is 2.14. The molecule has 0 saturated carbocycles. The Morgan fingerprint density at radius 2 is 2.06 bits per heavy atom. The van der Waals surface area contributed by atoms with Gasteiger partial charge in [-0.1, -0.05) is 13.8 Å². The first kappa shape index (κ1) is 14.9. The van der Waals surface area contributed by atoms with Crippen molar-refractivity contribution in [3.05, 3.63) is 0 Å². The molecule has 1 aliphatic rings. The van der Waals surface area contributed by atoms with Gasteiger partial charge in [0.25, 0.3) is 0 Å². The molecular weight excluding hydrogens is 236 g/mol. The number of hydrogen-bond acceptors (Lipinski definition) is 4. The maximum absolute atomic E-state index is 11.6. The highest BCUT2D eigenvalue weighted by molar-refractivity contribution is 5.84. The Kier molecular flexibility index (Phi) is 5.10. The van der Waals surface area contributed by atoms with Gasteiger partial charge < -0.3 is 20.5 Å². The fourth-order valence-corrected chi connectivity index (χ4v) is 1.75. The Morgan fingerprint density at radius 1 is 1.44 bits per heavy atom. The molecule has 1 aliphatic heterocycles. The van der Waals surface area contributed by atoms with E-state index in [1.54, 1.807) is 0 Å². The van der Waals surface area contributed by atoms with Crippen LogP contribution < -0.4 is 10.6 Å². The average Bonchev–Trinajstić information content (AvgIpc) is 2.22. The second kappa shape index (κ2) is 6.15. The van der Waals surface area contributed by atoms with Crippen LogP contribution in [0.3, 0.4) is 0 Å². The van der Waals surface area contributed by atoms with E-state index in [-0.39, 0.29) is 24.0 Å². The van der Waals surface area contributed by atoms with Crippen molar-refractivity contribution >= 4 is 11.9 Å². The number of carboxylic acid groups (broad SMARTS) is 1. The van der Waals surface area contributed by atoms with E-state index in [0.717, 1.165) is 0 Å². The molecule has 1 saturated heterocycles. The van der Waals surface area contributed by atoms with Crippen molar-refractivity contribution in [3.8, 4) is 0 Å². The first-order valence-corrected chi connectivity index (χ1v) is 6.19. The molecular formula is C12H22N2O4. The van der Waals surface area contributed by atoms with Gasteiger partial charge in [0.2, 0.25) is 5.91 Å². The van der Waals surface area contributed by atoms with Gasteiger partial charge in [-0.15, -0.1) is 0 Å². The predicted molar refractivity (Wildman–Crippen MR) is 66.2 cm³/mol. The first-order valence-electron chi connectivity index (χ1n) is 6.19. The number of rotatable bonds is 7. The van der Waals surface area contributed by atoms with Crippen LogP contribution in [0.25, 0.3) is 0 Å². The summed E-state index contributed by atoms with van der Waals surface area (Å²) in [4.78, 5) is 22.6. The molecule has 6 heteroatoms. The normalized spacial score (nSPS) is 19.1. The molecule has 104 valence electrons. The van der Waals surface area contributed by atoms with Crippen LogP contribution in [0.1, 0.15) is 27.2 Å². The summed E-state index contributed by atoms with van der Waals surface area (Å²) in [6, 6.07) is -0.839. The van der Waals surface area contributed by atoms with Crippen LogP contribution in [0.2, 0.25) is 0 Å². The second-order valence-electron chi connectivity index (χ2n) is 5.43. The molecule has 3 N–H and O–H groups in total. The van der Waals surface area contributed by atoms with Crippen molar-refractivity contribution < 1.29 is 19.4 Å². The number of carbonyl (C=O) groups is 2. The van der Waals surface area contributed by atoms with Crippen LogP contribution in [-0.2, 0) is 14.3 Å².